The first-order chi connectivity index (χ1) is 21.5. The number of aliphatic carboxylic acids is 1. The van der Waals surface area contributed by atoms with Gasteiger partial charge < -0.3 is 14.7 Å². The normalized spacial score (nSPS) is 16.3. The molecule has 1 amide bonds. The summed E-state index contributed by atoms with van der Waals surface area (Å²) in [4.78, 5) is 40.2. The molecule has 0 radical (unpaired) electrons. The average Bonchev–Trinajstić information content (AvgIpc) is 3.86. The van der Waals surface area contributed by atoms with Crippen molar-refractivity contribution < 1.29 is 19.4 Å². The van der Waals surface area contributed by atoms with Gasteiger partial charge in [0.1, 0.15) is 5.82 Å². The Bertz CT molecular complexity index is 1490. The summed E-state index contributed by atoms with van der Waals surface area (Å²) in [5.41, 5.74) is 3.44. The molecule has 2 aromatic heterocycles. The van der Waals surface area contributed by atoms with Crippen molar-refractivity contribution in [1.82, 2.24) is 9.97 Å². The molecular formula is C36H46N4O4S. The van der Waals surface area contributed by atoms with Crippen LogP contribution < -0.4 is 14.5 Å². The topological polar surface area (TPSA) is 95.9 Å². The van der Waals surface area contributed by atoms with Crippen molar-refractivity contribution in [2.75, 3.05) is 42.3 Å². The molecule has 45 heavy (non-hydrogen) atoms. The van der Waals surface area contributed by atoms with E-state index in [1.807, 2.05) is 54.3 Å². The molecule has 0 spiro atoms. The Kier molecular flexibility index (Phi) is 10.4. The molecule has 1 unspecified atom stereocenters. The van der Waals surface area contributed by atoms with Crippen LogP contribution in [0.2, 0.25) is 0 Å². The maximum absolute atomic E-state index is 14.3. The van der Waals surface area contributed by atoms with Gasteiger partial charge in [0.15, 0.2) is 0 Å². The van der Waals surface area contributed by atoms with Crippen LogP contribution >= 0.6 is 11.8 Å². The van der Waals surface area contributed by atoms with Crippen LogP contribution in [0.25, 0.3) is 0 Å². The van der Waals surface area contributed by atoms with Gasteiger partial charge in [-0.1, -0.05) is 26.8 Å². The highest BCUT2D eigenvalue weighted by molar-refractivity contribution is 7.98. The van der Waals surface area contributed by atoms with Gasteiger partial charge in [0.2, 0.25) is 5.88 Å². The molecule has 1 aliphatic carbocycles. The number of carbonyl (C=O) groups excluding carboxylic acids is 1. The first kappa shape index (κ1) is 32.8. The molecule has 1 aromatic carbocycles. The number of hydrogen-bond acceptors (Lipinski definition) is 7. The van der Waals surface area contributed by atoms with Crippen LogP contribution in [0.4, 0.5) is 11.5 Å². The monoisotopic (exact) mass is 630 g/mol. The number of hydrogen-bond donors (Lipinski definition) is 1. The summed E-state index contributed by atoms with van der Waals surface area (Å²) in [6, 6.07) is 15.8. The molecule has 1 atom stereocenters. The number of benzene rings is 1. The van der Waals surface area contributed by atoms with Gasteiger partial charge in [-0.15, -0.1) is 11.8 Å². The first-order valence-electron chi connectivity index (χ1n) is 16.0. The molecule has 1 N–H and O–H groups in total. The van der Waals surface area contributed by atoms with E-state index < -0.39 is 5.97 Å². The molecule has 3 aromatic rings. The lowest BCUT2D eigenvalue weighted by Crippen LogP contribution is -2.41. The summed E-state index contributed by atoms with van der Waals surface area (Å²) in [5, 5.41) is 9.40. The third kappa shape index (κ3) is 8.78. The Balaban J connectivity index is 1.28. The number of aromatic nitrogens is 2. The number of amides is 1. The van der Waals surface area contributed by atoms with E-state index in [2.05, 4.69) is 43.0 Å². The van der Waals surface area contributed by atoms with Gasteiger partial charge in [0.05, 0.1) is 24.3 Å². The van der Waals surface area contributed by atoms with Gasteiger partial charge in [-0.3, -0.25) is 14.5 Å². The molecule has 1 saturated carbocycles. The molecule has 3 heterocycles. The SMILES string of the molecule is CSc1ccc(C(=O)N(CC(C)(C)C)c2cccc(C)n2)c(N2CCC(COc3cc(C(CC(=O)O)C4CC4)ccn3)CC2)c1. The number of thioether (sulfide) groups is 1. The number of ether oxygens (including phenoxy) is 1. The Hall–Kier alpha value is -3.59. The summed E-state index contributed by atoms with van der Waals surface area (Å²) >= 11 is 1.68. The highest BCUT2D eigenvalue weighted by Crippen LogP contribution is 2.45. The summed E-state index contributed by atoms with van der Waals surface area (Å²) in [6.45, 7) is 11.1. The second-order valence-corrected chi connectivity index (χ2v) is 14.6. The van der Waals surface area contributed by atoms with Crippen LogP contribution in [-0.4, -0.2) is 59.4 Å². The molecule has 2 fully saturated rings. The third-order valence-electron chi connectivity index (χ3n) is 8.66. The molecular weight excluding hydrogens is 584 g/mol. The van der Waals surface area contributed by atoms with Crippen molar-refractivity contribution in [2.45, 2.75) is 70.6 Å². The summed E-state index contributed by atoms with van der Waals surface area (Å²) < 4.78 is 6.17. The average molecular weight is 631 g/mol. The third-order valence-corrected chi connectivity index (χ3v) is 9.38. The maximum Gasteiger partial charge on any atom is 0.303 e. The number of carboxylic acids is 1. The Labute approximate surface area is 271 Å². The minimum Gasteiger partial charge on any atom is -0.481 e. The first-order valence-corrected chi connectivity index (χ1v) is 17.2. The Morgan fingerprint density at radius 3 is 2.49 bits per heavy atom. The van der Waals surface area contributed by atoms with Crippen molar-refractivity contribution in [2.24, 2.45) is 17.3 Å². The predicted octanol–water partition coefficient (Wildman–Crippen LogP) is 7.46. The number of anilines is 2. The smallest absolute Gasteiger partial charge is 0.303 e. The minimum atomic E-state index is -0.764. The fraction of sp³-hybridized carbons (Fsp3) is 0.500. The van der Waals surface area contributed by atoms with Crippen LogP contribution in [0, 0.1) is 24.2 Å². The summed E-state index contributed by atoms with van der Waals surface area (Å²) in [5.74, 6) is 1.27. The minimum absolute atomic E-state index is 0.0195. The zero-order chi connectivity index (χ0) is 32.1. The second kappa shape index (κ2) is 14.2. The van der Waals surface area contributed by atoms with Crippen LogP contribution in [0.15, 0.2) is 59.6 Å². The number of aryl methyl sites for hydroxylation is 1. The lowest BCUT2D eigenvalue weighted by atomic mass is 9.92. The molecule has 5 rings (SSSR count). The molecule has 1 aliphatic heterocycles. The number of rotatable bonds is 12. The summed E-state index contributed by atoms with van der Waals surface area (Å²) in [6.07, 6.45) is 7.97. The van der Waals surface area contributed by atoms with Gasteiger partial charge in [-0.25, -0.2) is 9.97 Å². The molecule has 8 nitrogen and oxygen atoms in total. The van der Waals surface area contributed by atoms with Crippen LogP contribution in [0.5, 0.6) is 5.88 Å². The summed E-state index contributed by atoms with van der Waals surface area (Å²) in [7, 11) is 0. The van der Waals surface area contributed by atoms with Crippen molar-refractivity contribution >= 4 is 35.1 Å². The van der Waals surface area contributed by atoms with E-state index in [0.29, 0.717) is 42.2 Å². The Morgan fingerprint density at radius 1 is 1.09 bits per heavy atom. The van der Waals surface area contributed by atoms with E-state index in [9.17, 15) is 14.7 Å². The van der Waals surface area contributed by atoms with Crippen molar-refractivity contribution in [3.05, 3.63) is 71.5 Å². The van der Waals surface area contributed by atoms with Crippen LogP contribution in [0.1, 0.15) is 80.4 Å². The van der Waals surface area contributed by atoms with E-state index in [1.54, 1.807) is 18.0 Å². The number of piperidine rings is 1. The van der Waals surface area contributed by atoms with Gasteiger partial charge in [-0.2, -0.15) is 0 Å². The largest absolute Gasteiger partial charge is 0.481 e. The van der Waals surface area contributed by atoms with E-state index >= 15 is 0 Å². The van der Waals surface area contributed by atoms with Gasteiger partial charge in [-0.05, 0) is 104 Å². The fourth-order valence-corrected chi connectivity index (χ4v) is 6.59. The van der Waals surface area contributed by atoms with E-state index in [1.165, 1.54) is 0 Å². The number of carboxylic acid groups (broad SMARTS) is 1. The number of carbonyl (C=O) groups is 2. The maximum atomic E-state index is 14.3. The highest BCUT2D eigenvalue weighted by atomic mass is 32.2. The molecule has 240 valence electrons. The lowest BCUT2D eigenvalue weighted by Gasteiger charge is -2.36. The second-order valence-electron chi connectivity index (χ2n) is 13.7. The van der Waals surface area contributed by atoms with Crippen molar-refractivity contribution in [3.8, 4) is 5.88 Å². The van der Waals surface area contributed by atoms with Crippen molar-refractivity contribution in [1.29, 1.82) is 0 Å². The number of pyridine rings is 2. The molecule has 0 bridgehead atoms. The lowest BCUT2D eigenvalue weighted by molar-refractivity contribution is -0.137. The molecule has 1 saturated heterocycles. The fourth-order valence-electron chi connectivity index (χ4n) is 6.16. The number of nitrogens with zero attached hydrogens (tertiary/aromatic N) is 4. The quantitative estimate of drug-likeness (QED) is 0.206. The van der Waals surface area contributed by atoms with Crippen LogP contribution in [-0.2, 0) is 4.79 Å². The van der Waals surface area contributed by atoms with E-state index in [-0.39, 0.29) is 23.7 Å². The van der Waals surface area contributed by atoms with Gasteiger partial charge >= 0.3 is 5.97 Å². The van der Waals surface area contributed by atoms with E-state index in [0.717, 1.165) is 60.6 Å². The Morgan fingerprint density at radius 2 is 1.84 bits per heavy atom. The predicted molar refractivity (Wildman–Crippen MR) is 181 cm³/mol. The zero-order valence-electron chi connectivity index (χ0n) is 27.2. The van der Waals surface area contributed by atoms with Gasteiger partial charge in [0, 0.05) is 42.5 Å². The molecule has 2 aliphatic rings. The van der Waals surface area contributed by atoms with Crippen LogP contribution in [0.3, 0.4) is 0 Å². The molecule has 9 heteroatoms. The highest BCUT2D eigenvalue weighted by Gasteiger charge is 2.34. The standard InChI is InChI=1S/C36H46N4O4S/c1-24-7-6-8-32(38-24)40(23-36(2,3)4)35(43)29-12-11-28(45-5)20-31(29)39-17-14-25(15-18-39)22-44-33-19-27(13-16-37-33)30(21-34(41)42)26-9-10-26/h6-8,11-13,16,19-20,25-26,30H,9-10,14-15,17-18,21-23H2,1-5H3,(H,41,42). The van der Waals surface area contributed by atoms with Gasteiger partial charge in [0.25, 0.3) is 5.91 Å². The van der Waals surface area contributed by atoms with Crippen molar-refractivity contribution in [3.63, 3.8) is 0 Å². The zero-order valence-corrected chi connectivity index (χ0v) is 28.0. The van der Waals surface area contributed by atoms with E-state index in [4.69, 9.17) is 9.72 Å².